The van der Waals surface area contributed by atoms with Crippen LogP contribution in [0, 0.1) is 20.8 Å². The molecule has 1 aromatic carbocycles. The Bertz CT molecular complexity index is 1330. The van der Waals surface area contributed by atoms with Crippen molar-refractivity contribution in [2.24, 2.45) is 0 Å². The van der Waals surface area contributed by atoms with E-state index in [1.54, 1.807) is 7.11 Å². The standard InChI is InChI=1S/C28H33N5OS/c1-19-17-22(7-9-29-19)24-5-6-25-21(3)28(35-27(25)20(24)2)31-26-18-23(8-10-30-26)33-13-11-32(12-14-33)15-16-34-4/h5-10,17-18H,11-16H2,1-4H3,(H,30,31). The molecule has 0 saturated carbocycles. The van der Waals surface area contributed by atoms with E-state index in [2.05, 4.69) is 75.3 Å². The van der Waals surface area contributed by atoms with Gasteiger partial charge in [-0.25, -0.2) is 4.98 Å². The molecule has 1 fully saturated rings. The van der Waals surface area contributed by atoms with Gasteiger partial charge in [0.15, 0.2) is 0 Å². The fourth-order valence-corrected chi connectivity index (χ4v) is 6.03. The predicted octanol–water partition coefficient (Wildman–Crippen LogP) is 5.80. The Morgan fingerprint density at radius 3 is 2.51 bits per heavy atom. The number of aryl methyl sites for hydroxylation is 3. The molecule has 3 aromatic heterocycles. The number of thiophene rings is 1. The number of fused-ring (bicyclic) bond motifs is 1. The van der Waals surface area contributed by atoms with Gasteiger partial charge < -0.3 is 15.0 Å². The molecule has 0 spiro atoms. The highest BCUT2D eigenvalue weighted by Crippen LogP contribution is 2.41. The summed E-state index contributed by atoms with van der Waals surface area (Å²) in [6.07, 6.45) is 3.80. The van der Waals surface area contributed by atoms with Crippen molar-refractivity contribution in [3.05, 3.63) is 65.6 Å². The molecule has 1 aliphatic heterocycles. The van der Waals surface area contributed by atoms with Gasteiger partial charge in [-0.15, -0.1) is 11.3 Å². The molecular weight excluding hydrogens is 454 g/mol. The highest BCUT2D eigenvalue weighted by atomic mass is 32.1. The molecule has 1 N–H and O–H groups in total. The van der Waals surface area contributed by atoms with Crippen molar-refractivity contribution in [1.29, 1.82) is 0 Å². The minimum Gasteiger partial charge on any atom is -0.383 e. The van der Waals surface area contributed by atoms with E-state index in [4.69, 9.17) is 4.74 Å². The van der Waals surface area contributed by atoms with Crippen LogP contribution in [0.4, 0.5) is 16.5 Å². The number of benzene rings is 1. The number of hydrogen-bond donors (Lipinski definition) is 1. The van der Waals surface area contributed by atoms with Crippen molar-refractivity contribution in [3.8, 4) is 11.1 Å². The Labute approximate surface area is 211 Å². The average Bonchev–Trinajstić information content (AvgIpc) is 3.19. The third kappa shape index (κ3) is 5.03. The van der Waals surface area contributed by atoms with Crippen LogP contribution in [-0.2, 0) is 4.74 Å². The Morgan fingerprint density at radius 1 is 0.943 bits per heavy atom. The predicted molar refractivity (Wildman–Crippen MR) is 147 cm³/mol. The number of nitrogens with one attached hydrogen (secondary N) is 1. The van der Waals surface area contributed by atoms with Gasteiger partial charge in [0.05, 0.1) is 11.6 Å². The van der Waals surface area contributed by atoms with Crippen LogP contribution in [0.1, 0.15) is 16.8 Å². The van der Waals surface area contributed by atoms with E-state index in [0.29, 0.717) is 0 Å². The minimum absolute atomic E-state index is 0.793. The molecule has 0 atom stereocenters. The molecule has 0 unspecified atom stereocenters. The molecule has 1 aliphatic rings. The van der Waals surface area contributed by atoms with Crippen LogP contribution < -0.4 is 10.2 Å². The Kier molecular flexibility index (Phi) is 7.00. The van der Waals surface area contributed by atoms with Gasteiger partial charge in [0.1, 0.15) is 5.82 Å². The van der Waals surface area contributed by atoms with Crippen LogP contribution in [0.15, 0.2) is 48.8 Å². The van der Waals surface area contributed by atoms with Crippen molar-refractivity contribution >= 4 is 37.9 Å². The summed E-state index contributed by atoms with van der Waals surface area (Å²) in [6.45, 7) is 12.4. The second-order valence-electron chi connectivity index (χ2n) is 9.20. The Hall–Kier alpha value is -3.00. The second kappa shape index (κ2) is 10.3. The summed E-state index contributed by atoms with van der Waals surface area (Å²) in [5.41, 5.74) is 7.31. The quantitative estimate of drug-likeness (QED) is 0.356. The smallest absolute Gasteiger partial charge is 0.132 e. The summed E-state index contributed by atoms with van der Waals surface area (Å²) < 4.78 is 6.55. The van der Waals surface area contributed by atoms with Gasteiger partial charge >= 0.3 is 0 Å². The fourth-order valence-electron chi connectivity index (χ4n) is 4.82. The Balaban J connectivity index is 1.36. The number of methoxy groups -OCH3 is 1. The van der Waals surface area contributed by atoms with Crippen molar-refractivity contribution in [2.75, 3.05) is 56.7 Å². The molecule has 182 valence electrons. The summed E-state index contributed by atoms with van der Waals surface area (Å²) in [6, 6.07) is 13.0. The summed E-state index contributed by atoms with van der Waals surface area (Å²) >= 11 is 1.81. The third-order valence-electron chi connectivity index (χ3n) is 6.90. The van der Waals surface area contributed by atoms with E-state index >= 15 is 0 Å². The maximum absolute atomic E-state index is 5.23. The fraction of sp³-hybridized carbons (Fsp3) is 0.357. The van der Waals surface area contributed by atoms with E-state index < -0.39 is 0 Å². The summed E-state index contributed by atoms with van der Waals surface area (Å²) in [4.78, 5) is 13.9. The molecule has 0 aliphatic carbocycles. The maximum Gasteiger partial charge on any atom is 0.132 e. The Morgan fingerprint density at radius 2 is 1.74 bits per heavy atom. The molecule has 0 amide bonds. The van der Waals surface area contributed by atoms with Gasteiger partial charge in [-0.05, 0) is 66.6 Å². The number of pyridine rings is 2. The highest BCUT2D eigenvalue weighted by molar-refractivity contribution is 7.23. The van der Waals surface area contributed by atoms with Gasteiger partial charge in [-0.1, -0.05) is 12.1 Å². The van der Waals surface area contributed by atoms with Gasteiger partial charge in [0.25, 0.3) is 0 Å². The van der Waals surface area contributed by atoms with Gasteiger partial charge in [0, 0.05) is 74.4 Å². The topological polar surface area (TPSA) is 53.5 Å². The van der Waals surface area contributed by atoms with Crippen molar-refractivity contribution in [3.63, 3.8) is 0 Å². The van der Waals surface area contributed by atoms with Gasteiger partial charge in [-0.3, -0.25) is 9.88 Å². The molecule has 4 aromatic rings. The highest BCUT2D eigenvalue weighted by Gasteiger charge is 2.18. The average molecular weight is 488 g/mol. The number of aromatic nitrogens is 2. The largest absolute Gasteiger partial charge is 0.383 e. The molecule has 35 heavy (non-hydrogen) atoms. The van der Waals surface area contributed by atoms with Gasteiger partial charge in [0.2, 0.25) is 0 Å². The lowest BCUT2D eigenvalue weighted by atomic mass is 9.98. The zero-order valence-corrected chi connectivity index (χ0v) is 21.8. The van der Waals surface area contributed by atoms with E-state index in [-0.39, 0.29) is 0 Å². The zero-order chi connectivity index (χ0) is 24.4. The first-order valence-electron chi connectivity index (χ1n) is 12.2. The van der Waals surface area contributed by atoms with Crippen LogP contribution in [0.5, 0.6) is 0 Å². The van der Waals surface area contributed by atoms with Crippen LogP contribution in [0.2, 0.25) is 0 Å². The lowest BCUT2D eigenvalue weighted by Gasteiger charge is -2.36. The molecule has 5 rings (SSSR count). The molecule has 1 saturated heterocycles. The lowest BCUT2D eigenvalue weighted by molar-refractivity contribution is 0.144. The SMILES string of the molecule is COCCN1CCN(c2ccnc(Nc3sc4c(C)c(-c5ccnc(C)c5)ccc4c3C)c2)CC1. The molecule has 6 nitrogen and oxygen atoms in total. The summed E-state index contributed by atoms with van der Waals surface area (Å²) in [5, 5.41) is 6.07. The van der Waals surface area contributed by atoms with Crippen LogP contribution in [0.25, 0.3) is 21.2 Å². The number of piperazine rings is 1. The van der Waals surface area contributed by atoms with E-state index in [0.717, 1.165) is 55.8 Å². The van der Waals surface area contributed by atoms with Crippen molar-refractivity contribution in [1.82, 2.24) is 14.9 Å². The van der Waals surface area contributed by atoms with Crippen LogP contribution >= 0.6 is 11.3 Å². The molecule has 7 heteroatoms. The molecule has 0 bridgehead atoms. The molecule has 4 heterocycles. The van der Waals surface area contributed by atoms with E-state index in [9.17, 15) is 0 Å². The van der Waals surface area contributed by atoms with Crippen LogP contribution in [0.3, 0.4) is 0 Å². The summed E-state index contributed by atoms with van der Waals surface area (Å²) in [5.74, 6) is 0.890. The summed E-state index contributed by atoms with van der Waals surface area (Å²) in [7, 11) is 1.77. The number of hydrogen-bond acceptors (Lipinski definition) is 7. The van der Waals surface area contributed by atoms with E-state index in [1.165, 1.54) is 38.0 Å². The van der Waals surface area contributed by atoms with E-state index in [1.807, 2.05) is 30.7 Å². The van der Waals surface area contributed by atoms with Crippen molar-refractivity contribution in [2.45, 2.75) is 20.8 Å². The minimum atomic E-state index is 0.793. The maximum atomic E-state index is 5.23. The monoisotopic (exact) mass is 487 g/mol. The van der Waals surface area contributed by atoms with Gasteiger partial charge in [-0.2, -0.15) is 0 Å². The first kappa shape index (κ1) is 23.7. The first-order chi connectivity index (χ1) is 17.0. The second-order valence-corrected chi connectivity index (χ2v) is 10.2. The zero-order valence-electron chi connectivity index (χ0n) is 21.0. The molecular formula is C28H33N5OS. The number of rotatable bonds is 7. The number of nitrogens with zero attached hydrogens (tertiary/aromatic N) is 4. The third-order valence-corrected chi connectivity index (χ3v) is 8.24. The number of ether oxygens (including phenoxy) is 1. The van der Waals surface area contributed by atoms with Crippen molar-refractivity contribution < 1.29 is 4.74 Å². The molecule has 0 radical (unpaired) electrons. The normalized spacial score (nSPS) is 14.6. The number of anilines is 3. The lowest BCUT2D eigenvalue weighted by Crippen LogP contribution is -2.47. The van der Waals surface area contributed by atoms with Crippen LogP contribution in [-0.4, -0.2) is 61.3 Å². The first-order valence-corrected chi connectivity index (χ1v) is 13.0.